The van der Waals surface area contributed by atoms with Crippen LogP contribution in [0, 0.1) is 0 Å². The Balaban J connectivity index is 1.89. The number of nitrogens with one attached hydrogen (secondary N) is 1. The Morgan fingerprint density at radius 2 is 1.75 bits per heavy atom. The van der Waals surface area contributed by atoms with Crippen molar-refractivity contribution >= 4 is 17.0 Å². The zero-order valence-corrected chi connectivity index (χ0v) is 11.3. The largest absolute Gasteiger partial charge is 0.337 e. The predicted molar refractivity (Wildman–Crippen MR) is 82.6 cm³/mol. The van der Waals surface area contributed by atoms with Gasteiger partial charge in [0.15, 0.2) is 0 Å². The standard InChI is InChI=1S/C16H18N4/c17-10-11-20(12-13-6-2-1-3-7-13)16-18-14-8-4-5-9-15(14)19-16/h1-9H,10-12,17H2,(H,18,19). The van der Waals surface area contributed by atoms with E-state index in [0.717, 1.165) is 30.1 Å². The lowest BCUT2D eigenvalue weighted by Gasteiger charge is -2.21. The van der Waals surface area contributed by atoms with Crippen LogP contribution in [0.1, 0.15) is 5.56 Å². The fraction of sp³-hybridized carbons (Fsp3) is 0.188. The number of fused-ring (bicyclic) bond motifs is 1. The topological polar surface area (TPSA) is 57.9 Å². The lowest BCUT2D eigenvalue weighted by molar-refractivity contribution is 0.767. The minimum Gasteiger partial charge on any atom is -0.337 e. The second kappa shape index (κ2) is 5.75. The summed E-state index contributed by atoms with van der Waals surface area (Å²) in [5.74, 6) is 0.875. The van der Waals surface area contributed by atoms with E-state index in [4.69, 9.17) is 5.73 Å². The summed E-state index contributed by atoms with van der Waals surface area (Å²) in [5, 5.41) is 0. The molecule has 3 rings (SSSR count). The molecule has 1 heterocycles. The van der Waals surface area contributed by atoms with Gasteiger partial charge in [0, 0.05) is 19.6 Å². The van der Waals surface area contributed by atoms with Crippen molar-refractivity contribution in [2.75, 3.05) is 18.0 Å². The summed E-state index contributed by atoms with van der Waals surface area (Å²) < 4.78 is 0. The molecule has 0 aliphatic carbocycles. The third-order valence-electron chi connectivity index (χ3n) is 3.29. The molecule has 0 radical (unpaired) electrons. The third-order valence-corrected chi connectivity index (χ3v) is 3.29. The highest BCUT2D eigenvalue weighted by molar-refractivity contribution is 5.77. The molecular weight excluding hydrogens is 248 g/mol. The Kier molecular flexibility index (Phi) is 3.65. The van der Waals surface area contributed by atoms with Crippen LogP contribution in [-0.4, -0.2) is 23.1 Å². The first-order valence-corrected chi connectivity index (χ1v) is 6.80. The second-order valence-electron chi connectivity index (χ2n) is 4.77. The van der Waals surface area contributed by atoms with Crippen LogP contribution in [0.3, 0.4) is 0 Å². The maximum absolute atomic E-state index is 5.73. The minimum atomic E-state index is 0.601. The highest BCUT2D eigenvalue weighted by Gasteiger charge is 2.11. The molecule has 2 aromatic carbocycles. The van der Waals surface area contributed by atoms with Crippen LogP contribution in [0.25, 0.3) is 11.0 Å². The molecule has 0 aliphatic heterocycles. The first-order chi connectivity index (χ1) is 9.86. The van der Waals surface area contributed by atoms with Gasteiger partial charge in [0.1, 0.15) is 0 Å². The summed E-state index contributed by atoms with van der Waals surface area (Å²) >= 11 is 0. The molecule has 0 bridgehead atoms. The van der Waals surface area contributed by atoms with E-state index in [1.165, 1.54) is 5.56 Å². The molecule has 3 N–H and O–H groups in total. The van der Waals surface area contributed by atoms with E-state index < -0.39 is 0 Å². The summed E-state index contributed by atoms with van der Waals surface area (Å²) in [6.45, 7) is 2.18. The smallest absolute Gasteiger partial charge is 0.204 e. The number of rotatable bonds is 5. The molecule has 0 atom stereocenters. The quantitative estimate of drug-likeness (QED) is 0.746. The molecule has 0 saturated carbocycles. The van der Waals surface area contributed by atoms with Gasteiger partial charge in [-0.3, -0.25) is 0 Å². The fourth-order valence-corrected chi connectivity index (χ4v) is 2.31. The average molecular weight is 266 g/mol. The maximum Gasteiger partial charge on any atom is 0.204 e. The van der Waals surface area contributed by atoms with Crippen molar-refractivity contribution in [3.63, 3.8) is 0 Å². The summed E-state index contributed by atoms with van der Waals surface area (Å²) in [5.41, 5.74) is 9.02. The minimum absolute atomic E-state index is 0.601. The Bertz CT molecular complexity index is 642. The zero-order valence-electron chi connectivity index (χ0n) is 11.3. The molecule has 3 aromatic rings. The van der Waals surface area contributed by atoms with Gasteiger partial charge >= 0.3 is 0 Å². The molecule has 1 aromatic heterocycles. The van der Waals surface area contributed by atoms with Gasteiger partial charge in [-0.25, -0.2) is 4.98 Å². The van der Waals surface area contributed by atoms with Crippen molar-refractivity contribution < 1.29 is 0 Å². The van der Waals surface area contributed by atoms with Gasteiger partial charge in [-0.15, -0.1) is 0 Å². The molecule has 0 amide bonds. The molecule has 4 nitrogen and oxygen atoms in total. The number of para-hydroxylation sites is 2. The molecule has 0 unspecified atom stereocenters. The number of nitrogens with two attached hydrogens (primary N) is 1. The lowest BCUT2D eigenvalue weighted by atomic mass is 10.2. The lowest BCUT2D eigenvalue weighted by Crippen LogP contribution is -2.29. The third kappa shape index (κ3) is 2.65. The predicted octanol–water partition coefficient (Wildman–Crippen LogP) is 2.53. The van der Waals surface area contributed by atoms with Crippen molar-refractivity contribution in [1.82, 2.24) is 9.97 Å². The highest BCUT2D eigenvalue weighted by atomic mass is 15.3. The highest BCUT2D eigenvalue weighted by Crippen LogP contribution is 2.18. The molecule has 4 heteroatoms. The molecule has 20 heavy (non-hydrogen) atoms. The van der Waals surface area contributed by atoms with Gasteiger partial charge < -0.3 is 15.6 Å². The van der Waals surface area contributed by atoms with Crippen LogP contribution in [0.2, 0.25) is 0 Å². The van der Waals surface area contributed by atoms with E-state index in [-0.39, 0.29) is 0 Å². The second-order valence-corrected chi connectivity index (χ2v) is 4.77. The van der Waals surface area contributed by atoms with E-state index in [1.807, 2.05) is 30.3 Å². The molecule has 0 saturated heterocycles. The summed E-state index contributed by atoms with van der Waals surface area (Å²) in [6, 6.07) is 18.4. The van der Waals surface area contributed by atoms with Gasteiger partial charge in [-0.1, -0.05) is 42.5 Å². The molecule has 102 valence electrons. The Morgan fingerprint density at radius 3 is 2.50 bits per heavy atom. The first-order valence-electron chi connectivity index (χ1n) is 6.80. The number of anilines is 1. The molecule has 0 aliphatic rings. The number of imidazole rings is 1. The molecule has 0 fully saturated rings. The van der Waals surface area contributed by atoms with Crippen molar-refractivity contribution in [2.45, 2.75) is 6.54 Å². The van der Waals surface area contributed by atoms with Gasteiger partial charge in [-0.2, -0.15) is 0 Å². The number of benzene rings is 2. The SMILES string of the molecule is NCCN(Cc1ccccc1)c1nc2ccccc2[nH]1. The maximum atomic E-state index is 5.73. The van der Waals surface area contributed by atoms with Crippen molar-refractivity contribution in [2.24, 2.45) is 5.73 Å². The fourth-order valence-electron chi connectivity index (χ4n) is 2.31. The monoisotopic (exact) mass is 266 g/mol. The summed E-state index contributed by atoms with van der Waals surface area (Å²) in [7, 11) is 0. The first kappa shape index (κ1) is 12.7. The van der Waals surface area contributed by atoms with Gasteiger partial charge in [-0.05, 0) is 17.7 Å². The summed E-state index contributed by atoms with van der Waals surface area (Å²) in [6.07, 6.45) is 0. The Labute approximate surface area is 118 Å². The van der Waals surface area contributed by atoms with Crippen LogP contribution in [0.4, 0.5) is 5.95 Å². The Morgan fingerprint density at radius 1 is 1.00 bits per heavy atom. The van der Waals surface area contributed by atoms with Crippen molar-refractivity contribution in [3.8, 4) is 0 Å². The van der Waals surface area contributed by atoms with E-state index >= 15 is 0 Å². The summed E-state index contributed by atoms with van der Waals surface area (Å²) in [4.78, 5) is 10.2. The molecular formula is C16H18N4. The van der Waals surface area contributed by atoms with Crippen molar-refractivity contribution in [3.05, 3.63) is 60.2 Å². The van der Waals surface area contributed by atoms with E-state index in [2.05, 4.69) is 39.1 Å². The average Bonchev–Trinajstić information content (AvgIpc) is 2.92. The van der Waals surface area contributed by atoms with Gasteiger partial charge in [0.25, 0.3) is 0 Å². The van der Waals surface area contributed by atoms with Crippen LogP contribution >= 0.6 is 0 Å². The zero-order chi connectivity index (χ0) is 13.8. The van der Waals surface area contributed by atoms with Gasteiger partial charge in [0.2, 0.25) is 5.95 Å². The van der Waals surface area contributed by atoms with E-state index in [0.29, 0.717) is 6.54 Å². The van der Waals surface area contributed by atoms with Crippen LogP contribution in [0.15, 0.2) is 54.6 Å². The van der Waals surface area contributed by atoms with E-state index in [1.54, 1.807) is 0 Å². The number of hydrogen-bond acceptors (Lipinski definition) is 3. The number of aromatic nitrogens is 2. The number of hydrogen-bond donors (Lipinski definition) is 2. The number of nitrogens with zero attached hydrogens (tertiary/aromatic N) is 2. The van der Waals surface area contributed by atoms with Crippen LogP contribution in [0.5, 0.6) is 0 Å². The number of H-pyrrole nitrogens is 1. The van der Waals surface area contributed by atoms with E-state index in [9.17, 15) is 0 Å². The van der Waals surface area contributed by atoms with Crippen molar-refractivity contribution in [1.29, 1.82) is 0 Å². The number of aromatic amines is 1. The van der Waals surface area contributed by atoms with Crippen LogP contribution in [-0.2, 0) is 6.54 Å². The normalized spacial score (nSPS) is 10.8. The van der Waals surface area contributed by atoms with Gasteiger partial charge in [0.05, 0.1) is 11.0 Å². The molecule has 0 spiro atoms. The van der Waals surface area contributed by atoms with Crippen LogP contribution < -0.4 is 10.6 Å². The Hall–Kier alpha value is -2.33.